The molecular weight excluding hydrogens is 266 g/mol. The number of nitrogens with two attached hydrogens (primary N) is 1. The molecule has 102 valence electrons. The van der Waals surface area contributed by atoms with Gasteiger partial charge in [-0.05, 0) is 36.1 Å². The molecule has 0 bridgehead atoms. The minimum atomic E-state index is 0.561. The second-order valence-corrected chi connectivity index (χ2v) is 5.95. The average Bonchev–Trinajstić information content (AvgIpc) is 2.83. The third-order valence-corrected chi connectivity index (χ3v) is 4.58. The Morgan fingerprint density at radius 1 is 1.10 bits per heavy atom. The molecule has 0 aliphatic heterocycles. The standard InChI is InChI=1S/C17H17NOS/c1-12-5-4-6-13(9-12)19-11-15-14-7-2-3-8-16(14)20-17(15)10-18/h2-9H,10-11,18H2,1H3. The van der Waals surface area contributed by atoms with Crippen LogP contribution >= 0.6 is 11.3 Å². The molecule has 0 radical (unpaired) electrons. The van der Waals surface area contributed by atoms with E-state index in [9.17, 15) is 0 Å². The van der Waals surface area contributed by atoms with Crippen molar-refractivity contribution in [2.45, 2.75) is 20.1 Å². The van der Waals surface area contributed by atoms with Crippen molar-refractivity contribution in [1.29, 1.82) is 0 Å². The molecule has 1 aromatic heterocycles. The van der Waals surface area contributed by atoms with E-state index in [1.807, 2.05) is 12.1 Å². The summed E-state index contributed by atoms with van der Waals surface area (Å²) >= 11 is 1.76. The van der Waals surface area contributed by atoms with E-state index in [1.165, 1.54) is 26.1 Å². The Bertz CT molecular complexity index is 733. The maximum atomic E-state index is 5.93. The molecule has 3 rings (SSSR count). The van der Waals surface area contributed by atoms with E-state index in [2.05, 4.69) is 43.3 Å². The second kappa shape index (κ2) is 5.65. The van der Waals surface area contributed by atoms with Crippen LogP contribution in [0.15, 0.2) is 48.5 Å². The van der Waals surface area contributed by atoms with Crippen LogP contribution in [0.4, 0.5) is 0 Å². The van der Waals surface area contributed by atoms with Gasteiger partial charge in [0.05, 0.1) is 0 Å². The Hall–Kier alpha value is -1.84. The molecule has 1 heterocycles. The molecule has 0 unspecified atom stereocenters. The van der Waals surface area contributed by atoms with E-state index >= 15 is 0 Å². The smallest absolute Gasteiger partial charge is 0.120 e. The van der Waals surface area contributed by atoms with E-state index in [4.69, 9.17) is 10.5 Å². The largest absolute Gasteiger partial charge is 0.489 e. The summed E-state index contributed by atoms with van der Waals surface area (Å²) in [6.45, 7) is 3.20. The Balaban J connectivity index is 1.90. The van der Waals surface area contributed by atoms with E-state index in [0.29, 0.717) is 13.2 Å². The van der Waals surface area contributed by atoms with Gasteiger partial charge < -0.3 is 10.5 Å². The summed E-state index contributed by atoms with van der Waals surface area (Å²) in [6.07, 6.45) is 0. The van der Waals surface area contributed by atoms with Crippen molar-refractivity contribution >= 4 is 21.4 Å². The summed E-state index contributed by atoms with van der Waals surface area (Å²) < 4.78 is 7.21. The number of aryl methyl sites for hydroxylation is 1. The molecule has 0 aliphatic carbocycles. The van der Waals surface area contributed by atoms with Gasteiger partial charge in [0.1, 0.15) is 12.4 Å². The summed E-state index contributed by atoms with van der Waals surface area (Å²) in [5.74, 6) is 0.906. The zero-order valence-electron chi connectivity index (χ0n) is 11.4. The van der Waals surface area contributed by atoms with E-state index in [0.717, 1.165) is 5.75 Å². The fourth-order valence-corrected chi connectivity index (χ4v) is 3.42. The lowest BCUT2D eigenvalue weighted by Gasteiger charge is -2.08. The predicted molar refractivity (Wildman–Crippen MR) is 85.2 cm³/mol. The molecule has 3 heteroatoms. The summed E-state index contributed by atoms with van der Waals surface area (Å²) in [5, 5.41) is 1.26. The number of hydrogen-bond donors (Lipinski definition) is 1. The van der Waals surface area contributed by atoms with Crippen molar-refractivity contribution in [3.63, 3.8) is 0 Å². The van der Waals surface area contributed by atoms with Gasteiger partial charge >= 0.3 is 0 Å². The highest BCUT2D eigenvalue weighted by Gasteiger charge is 2.11. The summed E-state index contributed by atoms with van der Waals surface area (Å²) in [5.41, 5.74) is 8.28. The van der Waals surface area contributed by atoms with Crippen LogP contribution in [0.3, 0.4) is 0 Å². The molecule has 3 aromatic rings. The van der Waals surface area contributed by atoms with Crippen LogP contribution in [0.1, 0.15) is 16.0 Å². The Morgan fingerprint density at radius 3 is 2.75 bits per heavy atom. The molecule has 0 saturated carbocycles. The SMILES string of the molecule is Cc1cccc(OCc2c(CN)sc3ccccc23)c1. The highest BCUT2D eigenvalue weighted by molar-refractivity contribution is 7.19. The number of hydrogen-bond acceptors (Lipinski definition) is 3. The van der Waals surface area contributed by atoms with E-state index in [1.54, 1.807) is 11.3 Å². The number of ether oxygens (including phenoxy) is 1. The summed E-state index contributed by atoms with van der Waals surface area (Å²) in [4.78, 5) is 1.21. The first-order valence-corrected chi connectivity index (χ1v) is 7.48. The zero-order chi connectivity index (χ0) is 13.9. The molecule has 0 spiro atoms. The fraction of sp³-hybridized carbons (Fsp3) is 0.176. The quantitative estimate of drug-likeness (QED) is 0.777. The Kier molecular flexibility index (Phi) is 3.72. The highest BCUT2D eigenvalue weighted by Crippen LogP contribution is 2.31. The first-order valence-electron chi connectivity index (χ1n) is 6.67. The molecule has 2 aromatic carbocycles. The Labute approximate surface area is 122 Å². The van der Waals surface area contributed by atoms with E-state index in [-0.39, 0.29) is 0 Å². The van der Waals surface area contributed by atoms with Crippen molar-refractivity contribution in [3.05, 3.63) is 64.5 Å². The third-order valence-electron chi connectivity index (χ3n) is 3.34. The fourth-order valence-electron chi connectivity index (χ4n) is 2.33. The van der Waals surface area contributed by atoms with Gasteiger partial charge in [-0.2, -0.15) is 0 Å². The molecule has 2 nitrogen and oxygen atoms in total. The first kappa shape index (κ1) is 13.2. The summed E-state index contributed by atoms with van der Waals surface area (Å²) in [6, 6.07) is 16.5. The van der Waals surface area contributed by atoms with E-state index < -0.39 is 0 Å². The van der Waals surface area contributed by atoms with Crippen molar-refractivity contribution < 1.29 is 4.74 Å². The van der Waals surface area contributed by atoms with Crippen LogP contribution in [0.25, 0.3) is 10.1 Å². The lowest BCUT2D eigenvalue weighted by Crippen LogP contribution is -2.01. The normalized spacial score (nSPS) is 10.9. The summed E-state index contributed by atoms with van der Waals surface area (Å²) in [7, 11) is 0. The van der Waals surface area contributed by atoms with Crippen LogP contribution in [0.5, 0.6) is 5.75 Å². The zero-order valence-corrected chi connectivity index (χ0v) is 12.2. The predicted octanol–water partition coefficient (Wildman–Crippen LogP) is 4.25. The third kappa shape index (κ3) is 2.55. The van der Waals surface area contributed by atoms with Crippen LogP contribution in [0, 0.1) is 6.92 Å². The number of benzene rings is 2. The van der Waals surface area contributed by atoms with Gasteiger partial charge in [-0.15, -0.1) is 11.3 Å². The van der Waals surface area contributed by atoms with Crippen LogP contribution in [0.2, 0.25) is 0 Å². The molecule has 0 aliphatic rings. The van der Waals surface area contributed by atoms with Gasteiger partial charge in [0.25, 0.3) is 0 Å². The maximum absolute atomic E-state index is 5.93. The monoisotopic (exact) mass is 283 g/mol. The van der Waals surface area contributed by atoms with Gasteiger partial charge in [-0.25, -0.2) is 0 Å². The van der Waals surface area contributed by atoms with Crippen molar-refractivity contribution in [1.82, 2.24) is 0 Å². The van der Waals surface area contributed by atoms with Crippen LogP contribution < -0.4 is 10.5 Å². The topological polar surface area (TPSA) is 35.2 Å². The van der Waals surface area contributed by atoms with Crippen molar-refractivity contribution in [2.24, 2.45) is 5.73 Å². The van der Waals surface area contributed by atoms with Crippen molar-refractivity contribution in [2.75, 3.05) is 0 Å². The minimum Gasteiger partial charge on any atom is -0.489 e. The van der Waals surface area contributed by atoms with Gasteiger partial charge in [0, 0.05) is 21.7 Å². The number of rotatable bonds is 4. The van der Waals surface area contributed by atoms with Gasteiger partial charge in [-0.1, -0.05) is 30.3 Å². The van der Waals surface area contributed by atoms with Gasteiger partial charge in [-0.3, -0.25) is 0 Å². The highest BCUT2D eigenvalue weighted by atomic mass is 32.1. The maximum Gasteiger partial charge on any atom is 0.120 e. The van der Waals surface area contributed by atoms with Crippen LogP contribution in [-0.4, -0.2) is 0 Å². The average molecular weight is 283 g/mol. The molecule has 2 N–H and O–H groups in total. The lowest BCUT2D eigenvalue weighted by atomic mass is 10.1. The molecule has 0 amide bonds. The Morgan fingerprint density at radius 2 is 1.95 bits per heavy atom. The lowest BCUT2D eigenvalue weighted by molar-refractivity contribution is 0.307. The molecule has 0 fully saturated rings. The minimum absolute atomic E-state index is 0.561. The number of fused-ring (bicyclic) bond motifs is 1. The van der Waals surface area contributed by atoms with Crippen molar-refractivity contribution in [3.8, 4) is 5.75 Å². The van der Waals surface area contributed by atoms with Gasteiger partial charge in [0.15, 0.2) is 0 Å². The molecule has 20 heavy (non-hydrogen) atoms. The molecule has 0 saturated heterocycles. The van der Waals surface area contributed by atoms with Gasteiger partial charge in [0.2, 0.25) is 0 Å². The number of thiophene rings is 1. The second-order valence-electron chi connectivity index (χ2n) is 4.81. The molecule has 0 atom stereocenters. The first-order chi connectivity index (χ1) is 9.78. The molecular formula is C17H17NOS. The van der Waals surface area contributed by atoms with Crippen LogP contribution in [-0.2, 0) is 13.2 Å².